The summed E-state index contributed by atoms with van der Waals surface area (Å²) in [4.78, 5) is 11.0. The summed E-state index contributed by atoms with van der Waals surface area (Å²) in [5.41, 5.74) is 0. The maximum Gasteiger partial charge on any atom is 0.322 e. The Kier molecular flexibility index (Phi) is 1.12. The largest absolute Gasteiger partial charge is 0.468 e. The van der Waals surface area contributed by atoms with Crippen LogP contribution in [0.2, 0.25) is 0 Å². The number of methoxy groups -OCH3 is 1. The number of carbonyl (C=O) groups is 1. The van der Waals surface area contributed by atoms with Crippen LogP contribution in [-0.4, -0.2) is 25.6 Å². The van der Waals surface area contributed by atoms with E-state index in [4.69, 9.17) is 4.11 Å². The summed E-state index contributed by atoms with van der Waals surface area (Å²) < 4.78 is 26.4. The van der Waals surface area contributed by atoms with Gasteiger partial charge < -0.3 is 10.1 Å². The Morgan fingerprint density at radius 3 is 3.33 bits per heavy atom. The first kappa shape index (κ1) is 3.56. The lowest BCUT2D eigenvalue weighted by Gasteiger charge is -2.04. The molecule has 1 heterocycles. The second-order valence-electron chi connectivity index (χ2n) is 1.77. The fourth-order valence-electron chi connectivity index (χ4n) is 0.695. The van der Waals surface area contributed by atoms with Crippen LogP contribution in [0, 0.1) is 0 Å². The zero-order valence-corrected chi connectivity index (χ0v) is 5.23. The number of ether oxygens (including phenoxy) is 1. The Morgan fingerprint density at radius 1 is 2.11 bits per heavy atom. The summed E-state index contributed by atoms with van der Waals surface area (Å²) >= 11 is 0. The topological polar surface area (TPSA) is 38.3 Å². The molecule has 0 spiro atoms. The molecule has 0 aromatic heterocycles. The van der Waals surface area contributed by atoms with Gasteiger partial charge >= 0.3 is 5.97 Å². The van der Waals surface area contributed by atoms with Gasteiger partial charge in [0.15, 0.2) is 0 Å². The molecular weight excluding hydrogens is 118 g/mol. The van der Waals surface area contributed by atoms with E-state index in [0.717, 1.165) is 0 Å². The lowest BCUT2D eigenvalue weighted by molar-refractivity contribution is -0.142. The molecule has 1 rings (SSSR count). The van der Waals surface area contributed by atoms with Crippen molar-refractivity contribution in [2.75, 3.05) is 13.6 Å². The van der Waals surface area contributed by atoms with Gasteiger partial charge in [-0.05, 0) is 19.3 Å². The molecule has 52 valence electrons. The van der Waals surface area contributed by atoms with E-state index in [-0.39, 0.29) is 12.8 Å². The second-order valence-corrected chi connectivity index (χ2v) is 1.77. The van der Waals surface area contributed by atoms with Crippen LogP contribution in [0.25, 0.3) is 0 Å². The molecule has 0 amide bonds. The van der Waals surface area contributed by atoms with E-state index in [1.165, 1.54) is 7.11 Å². The molecule has 0 aromatic carbocycles. The molecule has 1 N–H and O–H groups in total. The second kappa shape index (κ2) is 2.82. The Hall–Kier alpha value is -0.570. The standard InChI is InChI=1S/C6H11NO2/c1-9-6(8)5-3-2-4-7-5/h5,7H,2-4H2,1H3/t5-/m0/s1/i4D2,5D. The van der Waals surface area contributed by atoms with E-state index in [9.17, 15) is 4.79 Å². The Labute approximate surface area is 58.6 Å². The van der Waals surface area contributed by atoms with Crippen LogP contribution in [0.5, 0.6) is 0 Å². The molecule has 0 bridgehead atoms. The predicted octanol–water partition coefficient (Wildman–Crippen LogP) is -0.0886. The van der Waals surface area contributed by atoms with Crippen molar-refractivity contribution in [3.8, 4) is 0 Å². The molecule has 0 aliphatic carbocycles. The van der Waals surface area contributed by atoms with Crippen molar-refractivity contribution in [2.45, 2.75) is 18.9 Å². The first-order valence-electron chi connectivity index (χ1n) is 4.27. The van der Waals surface area contributed by atoms with E-state index < -0.39 is 18.5 Å². The number of carbonyl (C=O) groups excluding carboxylic acids is 1. The zero-order valence-electron chi connectivity index (χ0n) is 8.23. The van der Waals surface area contributed by atoms with E-state index in [1.807, 2.05) is 0 Å². The first-order valence-corrected chi connectivity index (χ1v) is 2.77. The lowest BCUT2D eigenvalue weighted by Crippen LogP contribution is -2.31. The molecule has 1 aliphatic heterocycles. The van der Waals surface area contributed by atoms with Crippen molar-refractivity contribution in [1.29, 1.82) is 0 Å². The third-order valence-corrected chi connectivity index (χ3v) is 1.17. The molecule has 0 saturated carbocycles. The summed E-state index contributed by atoms with van der Waals surface area (Å²) in [6.45, 7) is -1.63. The predicted molar refractivity (Wildman–Crippen MR) is 33.0 cm³/mol. The maximum absolute atomic E-state index is 11.0. The Balaban J connectivity index is 2.71. The van der Waals surface area contributed by atoms with E-state index in [0.29, 0.717) is 0 Å². The van der Waals surface area contributed by atoms with E-state index >= 15 is 0 Å². The number of hydrogen-bond donors (Lipinski definition) is 1. The molecule has 3 nitrogen and oxygen atoms in total. The van der Waals surface area contributed by atoms with Gasteiger partial charge in [-0.15, -0.1) is 0 Å². The van der Waals surface area contributed by atoms with Crippen LogP contribution in [0.4, 0.5) is 0 Å². The molecule has 0 radical (unpaired) electrons. The third-order valence-electron chi connectivity index (χ3n) is 1.17. The molecule has 1 atom stereocenters. The van der Waals surface area contributed by atoms with Crippen molar-refractivity contribution in [1.82, 2.24) is 5.32 Å². The highest BCUT2D eigenvalue weighted by molar-refractivity contribution is 5.75. The molecule has 0 unspecified atom stereocenters. The smallest absolute Gasteiger partial charge is 0.322 e. The van der Waals surface area contributed by atoms with Crippen molar-refractivity contribution < 1.29 is 13.6 Å². The SMILES string of the molecule is [2H]C1([2H])CC[C@@]([2H])(C(=O)OC)N1. The van der Waals surface area contributed by atoms with Crippen molar-refractivity contribution in [3.63, 3.8) is 0 Å². The normalized spacial score (nSPS) is 44.8. The zero-order chi connectivity index (χ0) is 9.41. The summed E-state index contributed by atoms with van der Waals surface area (Å²) in [5, 5.41) is 2.28. The highest BCUT2D eigenvalue weighted by Gasteiger charge is 2.21. The first-order chi connectivity index (χ1) is 5.40. The average molecular weight is 132 g/mol. The number of hydrogen-bond acceptors (Lipinski definition) is 3. The number of nitrogens with one attached hydrogen (secondary N) is 1. The molecule has 1 saturated heterocycles. The molecular formula is C6H11NO2. The van der Waals surface area contributed by atoms with Gasteiger partial charge in [0, 0.05) is 2.74 Å². The molecule has 0 aromatic rings. The lowest BCUT2D eigenvalue weighted by atomic mass is 10.2. The van der Waals surface area contributed by atoms with Gasteiger partial charge in [-0.25, -0.2) is 0 Å². The van der Waals surface area contributed by atoms with Crippen LogP contribution < -0.4 is 5.32 Å². The van der Waals surface area contributed by atoms with Crippen LogP contribution in [0.3, 0.4) is 0 Å². The number of esters is 1. The Morgan fingerprint density at radius 2 is 2.89 bits per heavy atom. The summed E-state index contributed by atoms with van der Waals surface area (Å²) in [5.74, 6) is -0.733. The van der Waals surface area contributed by atoms with E-state index in [1.54, 1.807) is 0 Å². The highest BCUT2D eigenvalue weighted by Crippen LogP contribution is 2.05. The van der Waals surface area contributed by atoms with Crippen molar-refractivity contribution in [2.24, 2.45) is 0 Å². The van der Waals surface area contributed by atoms with Crippen LogP contribution >= 0.6 is 0 Å². The van der Waals surface area contributed by atoms with Gasteiger partial charge in [-0.2, -0.15) is 0 Å². The summed E-state index contributed by atoms with van der Waals surface area (Å²) in [6, 6.07) is -1.60. The van der Waals surface area contributed by atoms with Gasteiger partial charge in [0.25, 0.3) is 0 Å². The fourth-order valence-corrected chi connectivity index (χ4v) is 0.695. The van der Waals surface area contributed by atoms with Crippen LogP contribution in [-0.2, 0) is 9.53 Å². The summed E-state index contributed by atoms with van der Waals surface area (Å²) in [7, 11) is 1.19. The molecule has 1 aliphatic rings. The molecule has 9 heavy (non-hydrogen) atoms. The van der Waals surface area contributed by atoms with E-state index in [2.05, 4.69) is 10.1 Å². The van der Waals surface area contributed by atoms with Gasteiger partial charge in [0.05, 0.1) is 8.48 Å². The monoisotopic (exact) mass is 132 g/mol. The molecule has 3 heteroatoms. The van der Waals surface area contributed by atoms with Crippen molar-refractivity contribution in [3.05, 3.63) is 0 Å². The Bertz CT molecular complexity index is 209. The third kappa shape index (κ3) is 1.42. The van der Waals surface area contributed by atoms with Crippen molar-refractivity contribution >= 4 is 5.97 Å². The van der Waals surface area contributed by atoms with Gasteiger partial charge in [-0.3, -0.25) is 4.79 Å². The summed E-state index contributed by atoms with van der Waals surface area (Å²) in [6.07, 6.45) is 0.304. The number of rotatable bonds is 1. The van der Waals surface area contributed by atoms with Gasteiger partial charge in [0.2, 0.25) is 0 Å². The molecule has 1 fully saturated rings. The highest BCUT2D eigenvalue weighted by atomic mass is 16.5. The van der Waals surface area contributed by atoms with Gasteiger partial charge in [0.1, 0.15) is 6.02 Å². The van der Waals surface area contributed by atoms with Crippen LogP contribution in [0.15, 0.2) is 0 Å². The van der Waals surface area contributed by atoms with Gasteiger partial charge in [-0.1, -0.05) is 0 Å². The minimum Gasteiger partial charge on any atom is -0.468 e. The quantitative estimate of drug-likeness (QED) is 0.507. The minimum absolute atomic E-state index is 0.146. The fraction of sp³-hybridized carbons (Fsp3) is 0.833. The minimum atomic E-state index is -1.63. The van der Waals surface area contributed by atoms with Crippen LogP contribution in [0.1, 0.15) is 17.0 Å². The average Bonchev–Trinajstić information content (AvgIpc) is 2.25. The maximum atomic E-state index is 11.0.